The number of amides is 2. The molecule has 2 amide bonds. The Hall–Kier alpha value is -1.91. The normalized spacial score (nSPS) is 25.0. The van der Waals surface area contributed by atoms with E-state index >= 15 is 0 Å². The van der Waals surface area contributed by atoms with Crippen LogP contribution in [0, 0.1) is 11.8 Å². The molecule has 2 aliphatic heterocycles. The van der Waals surface area contributed by atoms with Crippen molar-refractivity contribution in [3.05, 3.63) is 30.1 Å². The average Bonchev–Trinajstić information content (AvgIpc) is 2.67. The summed E-state index contributed by atoms with van der Waals surface area (Å²) in [6, 6.07) is 6.08. The van der Waals surface area contributed by atoms with Crippen molar-refractivity contribution < 1.29 is 9.59 Å². The Bertz CT molecular complexity index is 636. The zero-order chi connectivity index (χ0) is 17.9. The standard InChI is InChI=1S/C21H29N3O2/c25-20(16-6-5-7-16)23-14-10-17(11-15-23)21(26)24-13-4-2-9-19(24)18-8-1-3-12-22-18/h1,3,8,12,16-17,19H,2,4-7,9-11,13-15H2/t19-/m1/s1. The minimum absolute atomic E-state index is 0.0600. The summed E-state index contributed by atoms with van der Waals surface area (Å²) in [5, 5.41) is 0. The monoisotopic (exact) mass is 355 g/mol. The highest BCUT2D eigenvalue weighted by Crippen LogP contribution is 2.34. The van der Waals surface area contributed by atoms with E-state index < -0.39 is 0 Å². The van der Waals surface area contributed by atoms with Gasteiger partial charge >= 0.3 is 0 Å². The second-order valence-corrected chi connectivity index (χ2v) is 8.03. The molecule has 1 aliphatic carbocycles. The van der Waals surface area contributed by atoms with Gasteiger partial charge in [0.2, 0.25) is 11.8 Å². The van der Waals surface area contributed by atoms with Crippen molar-refractivity contribution in [2.75, 3.05) is 19.6 Å². The van der Waals surface area contributed by atoms with E-state index in [0.717, 1.165) is 70.3 Å². The number of rotatable bonds is 3. The molecule has 3 aliphatic rings. The Morgan fingerprint density at radius 1 is 0.846 bits per heavy atom. The molecule has 3 heterocycles. The van der Waals surface area contributed by atoms with Gasteiger partial charge < -0.3 is 9.80 Å². The summed E-state index contributed by atoms with van der Waals surface area (Å²) in [6.07, 6.45) is 9.96. The van der Waals surface area contributed by atoms with Crippen molar-refractivity contribution in [2.24, 2.45) is 11.8 Å². The molecule has 140 valence electrons. The van der Waals surface area contributed by atoms with Crippen LogP contribution in [0.4, 0.5) is 0 Å². The third kappa shape index (κ3) is 3.49. The lowest BCUT2D eigenvalue weighted by Gasteiger charge is -2.40. The Balaban J connectivity index is 1.38. The maximum Gasteiger partial charge on any atom is 0.226 e. The summed E-state index contributed by atoms with van der Waals surface area (Å²) < 4.78 is 0. The van der Waals surface area contributed by atoms with E-state index in [1.54, 1.807) is 0 Å². The fraction of sp³-hybridized carbons (Fsp3) is 0.667. The Kier molecular flexibility index (Phi) is 5.23. The van der Waals surface area contributed by atoms with Crippen molar-refractivity contribution in [1.29, 1.82) is 0 Å². The summed E-state index contributed by atoms with van der Waals surface area (Å²) in [6.45, 7) is 2.32. The van der Waals surface area contributed by atoms with Crippen molar-refractivity contribution in [2.45, 2.75) is 57.4 Å². The zero-order valence-electron chi connectivity index (χ0n) is 15.5. The molecule has 1 saturated carbocycles. The lowest BCUT2D eigenvalue weighted by atomic mass is 9.83. The Morgan fingerprint density at radius 2 is 1.62 bits per heavy atom. The molecule has 1 aromatic rings. The maximum atomic E-state index is 13.2. The summed E-state index contributed by atoms with van der Waals surface area (Å²) in [7, 11) is 0. The van der Waals surface area contributed by atoms with Gasteiger partial charge in [-0.1, -0.05) is 12.5 Å². The van der Waals surface area contributed by atoms with E-state index in [9.17, 15) is 9.59 Å². The molecule has 1 atom stereocenters. The van der Waals surface area contributed by atoms with Crippen LogP contribution in [0.3, 0.4) is 0 Å². The van der Waals surface area contributed by atoms with Crippen LogP contribution in [0.5, 0.6) is 0 Å². The van der Waals surface area contributed by atoms with E-state index in [0.29, 0.717) is 5.91 Å². The van der Waals surface area contributed by atoms with Crippen LogP contribution >= 0.6 is 0 Å². The molecule has 0 radical (unpaired) electrons. The number of likely N-dealkylation sites (tertiary alicyclic amines) is 2. The van der Waals surface area contributed by atoms with Gasteiger partial charge in [-0.2, -0.15) is 0 Å². The van der Waals surface area contributed by atoms with Gasteiger partial charge in [0.25, 0.3) is 0 Å². The van der Waals surface area contributed by atoms with E-state index in [1.807, 2.05) is 29.3 Å². The summed E-state index contributed by atoms with van der Waals surface area (Å²) in [5.74, 6) is 0.921. The molecule has 0 N–H and O–H groups in total. The van der Waals surface area contributed by atoms with E-state index in [2.05, 4.69) is 9.88 Å². The zero-order valence-corrected chi connectivity index (χ0v) is 15.5. The largest absolute Gasteiger partial charge is 0.342 e. The first-order valence-electron chi connectivity index (χ1n) is 10.2. The molecule has 2 saturated heterocycles. The highest BCUT2D eigenvalue weighted by molar-refractivity contribution is 5.82. The first kappa shape index (κ1) is 17.5. The quantitative estimate of drug-likeness (QED) is 0.837. The van der Waals surface area contributed by atoms with Crippen molar-refractivity contribution in [1.82, 2.24) is 14.8 Å². The average molecular weight is 355 g/mol. The summed E-state index contributed by atoms with van der Waals surface area (Å²) >= 11 is 0. The van der Waals surface area contributed by atoms with Crippen LogP contribution in [0.2, 0.25) is 0 Å². The molecule has 0 aromatic carbocycles. The van der Waals surface area contributed by atoms with Crippen LogP contribution in [0.15, 0.2) is 24.4 Å². The topological polar surface area (TPSA) is 53.5 Å². The second-order valence-electron chi connectivity index (χ2n) is 8.03. The van der Waals surface area contributed by atoms with E-state index in [4.69, 9.17) is 0 Å². The minimum atomic E-state index is 0.0600. The van der Waals surface area contributed by atoms with E-state index in [1.165, 1.54) is 6.42 Å². The van der Waals surface area contributed by atoms with Gasteiger partial charge in [-0.15, -0.1) is 0 Å². The number of pyridine rings is 1. The van der Waals surface area contributed by atoms with E-state index in [-0.39, 0.29) is 23.8 Å². The Labute approximate surface area is 155 Å². The number of hydrogen-bond donors (Lipinski definition) is 0. The molecule has 5 nitrogen and oxygen atoms in total. The number of hydrogen-bond acceptors (Lipinski definition) is 3. The van der Waals surface area contributed by atoms with Crippen LogP contribution < -0.4 is 0 Å². The fourth-order valence-corrected chi connectivity index (χ4v) is 4.57. The molecule has 0 spiro atoms. The lowest BCUT2D eigenvalue weighted by molar-refractivity contribution is -0.146. The highest BCUT2D eigenvalue weighted by Gasteiger charge is 2.37. The van der Waals surface area contributed by atoms with Gasteiger partial charge in [-0.25, -0.2) is 0 Å². The second kappa shape index (κ2) is 7.77. The smallest absolute Gasteiger partial charge is 0.226 e. The van der Waals surface area contributed by atoms with Crippen molar-refractivity contribution in [3.8, 4) is 0 Å². The minimum Gasteiger partial charge on any atom is -0.342 e. The lowest BCUT2D eigenvalue weighted by Crippen LogP contribution is -2.48. The van der Waals surface area contributed by atoms with Gasteiger partial charge in [0, 0.05) is 37.7 Å². The highest BCUT2D eigenvalue weighted by atomic mass is 16.2. The third-order valence-corrected chi connectivity index (χ3v) is 6.43. The molecular formula is C21H29N3O2. The molecular weight excluding hydrogens is 326 g/mol. The van der Waals surface area contributed by atoms with Crippen LogP contribution in [0.1, 0.15) is 63.1 Å². The van der Waals surface area contributed by atoms with Gasteiger partial charge in [0.1, 0.15) is 0 Å². The number of aromatic nitrogens is 1. The molecule has 0 bridgehead atoms. The fourth-order valence-electron chi connectivity index (χ4n) is 4.57. The summed E-state index contributed by atoms with van der Waals surface area (Å²) in [5.41, 5.74) is 1.01. The first-order valence-corrected chi connectivity index (χ1v) is 10.2. The number of piperidine rings is 2. The van der Waals surface area contributed by atoms with Gasteiger partial charge in [0.15, 0.2) is 0 Å². The van der Waals surface area contributed by atoms with Crippen LogP contribution in [-0.2, 0) is 9.59 Å². The van der Waals surface area contributed by atoms with Crippen molar-refractivity contribution in [3.63, 3.8) is 0 Å². The van der Waals surface area contributed by atoms with Crippen LogP contribution in [0.25, 0.3) is 0 Å². The molecule has 3 fully saturated rings. The van der Waals surface area contributed by atoms with Gasteiger partial charge in [-0.3, -0.25) is 14.6 Å². The molecule has 0 unspecified atom stereocenters. The van der Waals surface area contributed by atoms with Crippen molar-refractivity contribution >= 4 is 11.8 Å². The SMILES string of the molecule is O=C(C1CCC1)N1CCC(C(=O)N2CCCC[C@@H]2c2ccccn2)CC1. The van der Waals surface area contributed by atoms with Crippen LogP contribution in [-0.4, -0.2) is 46.2 Å². The molecule has 26 heavy (non-hydrogen) atoms. The van der Waals surface area contributed by atoms with Gasteiger partial charge in [-0.05, 0) is 57.1 Å². The number of carbonyl (C=O) groups excluding carboxylic acids is 2. The first-order chi connectivity index (χ1) is 12.7. The molecule has 1 aromatic heterocycles. The summed E-state index contributed by atoms with van der Waals surface area (Å²) in [4.78, 5) is 34.2. The number of carbonyl (C=O) groups is 2. The molecule has 5 heteroatoms. The predicted octanol–water partition coefficient (Wildman–Crippen LogP) is 3.17. The Morgan fingerprint density at radius 3 is 2.27 bits per heavy atom. The third-order valence-electron chi connectivity index (χ3n) is 6.43. The van der Waals surface area contributed by atoms with Gasteiger partial charge in [0.05, 0.1) is 11.7 Å². The number of nitrogens with zero attached hydrogens (tertiary/aromatic N) is 3. The molecule has 4 rings (SSSR count). The maximum absolute atomic E-state index is 13.2. The predicted molar refractivity (Wildman–Crippen MR) is 99.2 cm³/mol.